The highest BCUT2D eigenvalue weighted by molar-refractivity contribution is 7.98. The van der Waals surface area contributed by atoms with Crippen molar-refractivity contribution >= 4 is 17.7 Å². The van der Waals surface area contributed by atoms with E-state index in [1.807, 2.05) is 32.5 Å². The monoisotopic (exact) mass is 269 g/mol. The quantitative estimate of drug-likeness (QED) is 0.801. The molecule has 0 saturated carbocycles. The Labute approximate surface area is 114 Å². The van der Waals surface area contributed by atoms with Gasteiger partial charge in [-0.3, -0.25) is 0 Å². The molecule has 1 aromatic rings. The van der Waals surface area contributed by atoms with E-state index in [-0.39, 0.29) is 5.97 Å². The molecule has 0 fully saturated rings. The Morgan fingerprint density at radius 1 is 1.44 bits per heavy atom. The Kier molecular flexibility index (Phi) is 5.79. The Morgan fingerprint density at radius 2 is 2.11 bits per heavy atom. The van der Waals surface area contributed by atoms with E-state index in [4.69, 9.17) is 4.74 Å². The molecule has 0 amide bonds. The number of aromatic nitrogens is 1. The molecule has 18 heavy (non-hydrogen) atoms. The first-order chi connectivity index (χ1) is 8.52. The SMILES string of the molecule is CCOC(=O)c1[nH]c(C)c([C@@H](C)CCSC)c1C. The van der Waals surface area contributed by atoms with E-state index in [9.17, 15) is 4.79 Å². The third-order valence-corrected chi connectivity index (χ3v) is 3.87. The molecule has 1 N–H and O–H groups in total. The predicted molar refractivity (Wildman–Crippen MR) is 77.6 cm³/mol. The number of ether oxygens (including phenoxy) is 1. The van der Waals surface area contributed by atoms with Gasteiger partial charge in [0.25, 0.3) is 0 Å². The molecule has 0 bridgehead atoms. The van der Waals surface area contributed by atoms with E-state index in [1.54, 1.807) is 0 Å². The summed E-state index contributed by atoms with van der Waals surface area (Å²) in [4.78, 5) is 15.0. The summed E-state index contributed by atoms with van der Waals surface area (Å²) in [6.45, 7) is 8.48. The van der Waals surface area contributed by atoms with Crippen molar-refractivity contribution < 1.29 is 9.53 Å². The third kappa shape index (κ3) is 3.31. The summed E-state index contributed by atoms with van der Waals surface area (Å²) in [6, 6.07) is 0. The van der Waals surface area contributed by atoms with Gasteiger partial charge in [0.05, 0.1) is 6.61 Å². The van der Waals surface area contributed by atoms with Crippen molar-refractivity contribution in [3.05, 3.63) is 22.5 Å². The van der Waals surface area contributed by atoms with Gasteiger partial charge in [0.1, 0.15) is 5.69 Å². The van der Waals surface area contributed by atoms with Gasteiger partial charge in [0.15, 0.2) is 0 Å². The molecule has 0 aromatic carbocycles. The Hall–Kier alpha value is -0.900. The highest BCUT2D eigenvalue weighted by Crippen LogP contribution is 2.29. The minimum atomic E-state index is -0.249. The average Bonchev–Trinajstić information content (AvgIpc) is 2.62. The second-order valence-electron chi connectivity index (χ2n) is 4.57. The first kappa shape index (κ1) is 15.2. The molecule has 0 spiro atoms. The number of thioether (sulfide) groups is 1. The van der Waals surface area contributed by atoms with Crippen LogP contribution >= 0.6 is 11.8 Å². The molecule has 1 atom stereocenters. The van der Waals surface area contributed by atoms with Gasteiger partial charge in [0.2, 0.25) is 0 Å². The van der Waals surface area contributed by atoms with Crippen molar-refractivity contribution in [3.63, 3.8) is 0 Å². The number of H-pyrrole nitrogens is 1. The number of hydrogen-bond donors (Lipinski definition) is 1. The number of rotatable bonds is 6. The summed E-state index contributed by atoms with van der Waals surface area (Å²) in [6.07, 6.45) is 3.25. The average molecular weight is 269 g/mol. The molecule has 0 aliphatic heterocycles. The van der Waals surface area contributed by atoms with Crippen molar-refractivity contribution in [2.75, 3.05) is 18.6 Å². The summed E-state index contributed by atoms with van der Waals surface area (Å²) >= 11 is 1.86. The van der Waals surface area contributed by atoms with Crippen molar-refractivity contribution in [1.29, 1.82) is 0 Å². The van der Waals surface area contributed by atoms with Crippen LogP contribution in [0, 0.1) is 13.8 Å². The van der Waals surface area contributed by atoms with Gasteiger partial charge < -0.3 is 9.72 Å². The van der Waals surface area contributed by atoms with Crippen molar-refractivity contribution in [3.8, 4) is 0 Å². The summed E-state index contributed by atoms with van der Waals surface area (Å²) in [5.74, 6) is 1.36. The predicted octanol–water partition coefficient (Wildman–Crippen LogP) is 3.66. The Balaban J connectivity index is 2.96. The van der Waals surface area contributed by atoms with Gasteiger partial charge in [-0.15, -0.1) is 0 Å². The lowest BCUT2D eigenvalue weighted by Crippen LogP contribution is -2.07. The smallest absolute Gasteiger partial charge is 0.355 e. The topological polar surface area (TPSA) is 42.1 Å². The van der Waals surface area contributed by atoms with Crippen LogP contribution in [0.5, 0.6) is 0 Å². The van der Waals surface area contributed by atoms with E-state index in [0.29, 0.717) is 18.2 Å². The Morgan fingerprint density at radius 3 is 2.67 bits per heavy atom. The van der Waals surface area contributed by atoms with Crippen LogP contribution in [-0.4, -0.2) is 29.6 Å². The fraction of sp³-hybridized carbons (Fsp3) is 0.643. The molecule has 102 valence electrons. The lowest BCUT2D eigenvalue weighted by molar-refractivity contribution is 0.0519. The maximum absolute atomic E-state index is 11.8. The Bertz CT molecular complexity index is 412. The summed E-state index contributed by atoms with van der Waals surface area (Å²) < 4.78 is 5.06. The van der Waals surface area contributed by atoms with Crippen molar-refractivity contribution in [2.45, 2.75) is 40.0 Å². The van der Waals surface area contributed by atoms with E-state index >= 15 is 0 Å². The molecular formula is C14H23NO2S. The normalized spacial score (nSPS) is 12.5. The van der Waals surface area contributed by atoms with Crippen molar-refractivity contribution in [2.24, 2.45) is 0 Å². The molecule has 0 saturated heterocycles. The summed E-state index contributed by atoms with van der Waals surface area (Å²) in [5.41, 5.74) is 4.01. The van der Waals surface area contributed by atoms with Crippen LogP contribution in [-0.2, 0) is 4.74 Å². The van der Waals surface area contributed by atoms with Gasteiger partial charge in [-0.25, -0.2) is 4.79 Å². The maximum Gasteiger partial charge on any atom is 0.355 e. The van der Waals surface area contributed by atoms with Crippen LogP contribution in [0.15, 0.2) is 0 Å². The number of nitrogens with one attached hydrogen (secondary N) is 1. The fourth-order valence-corrected chi connectivity index (χ4v) is 2.94. The van der Waals surface area contributed by atoms with Crippen LogP contribution < -0.4 is 0 Å². The van der Waals surface area contributed by atoms with E-state index in [1.165, 1.54) is 5.56 Å². The molecule has 1 rings (SSSR count). The van der Waals surface area contributed by atoms with Gasteiger partial charge in [-0.1, -0.05) is 6.92 Å². The number of aryl methyl sites for hydroxylation is 1. The number of carbonyl (C=O) groups excluding carboxylic acids is 1. The minimum Gasteiger partial charge on any atom is -0.461 e. The molecule has 0 aliphatic rings. The van der Waals surface area contributed by atoms with E-state index in [0.717, 1.165) is 23.4 Å². The van der Waals surface area contributed by atoms with Crippen LogP contribution in [0.3, 0.4) is 0 Å². The largest absolute Gasteiger partial charge is 0.461 e. The highest BCUT2D eigenvalue weighted by Gasteiger charge is 2.21. The maximum atomic E-state index is 11.8. The van der Waals surface area contributed by atoms with Crippen molar-refractivity contribution in [1.82, 2.24) is 4.98 Å². The standard InChI is InChI=1S/C14H23NO2S/c1-6-17-14(16)13-10(3)12(11(4)15-13)9(2)7-8-18-5/h9,15H,6-8H2,1-5H3/t9-/m0/s1. The third-order valence-electron chi connectivity index (χ3n) is 3.22. The minimum absolute atomic E-state index is 0.249. The van der Waals surface area contributed by atoms with Gasteiger partial charge in [0, 0.05) is 5.69 Å². The second-order valence-corrected chi connectivity index (χ2v) is 5.55. The zero-order chi connectivity index (χ0) is 13.7. The van der Waals surface area contributed by atoms with Crippen LogP contribution in [0.2, 0.25) is 0 Å². The van der Waals surface area contributed by atoms with Crippen LogP contribution in [0.4, 0.5) is 0 Å². The summed E-state index contributed by atoms with van der Waals surface area (Å²) in [7, 11) is 0. The highest BCUT2D eigenvalue weighted by atomic mass is 32.2. The molecule has 0 aliphatic carbocycles. The second kappa shape index (κ2) is 6.88. The molecule has 4 heteroatoms. The molecular weight excluding hydrogens is 246 g/mol. The fourth-order valence-electron chi connectivity index (χ4n) is 2.35. The first-order valence-corrected chi connectivity index (χ1v) is 7.77. The molecule has 1 aromatic heterocycles. The number of hydrogen-bond acceptors (Lipinski definition) is 3. The summed E-state index contributed by atoms with van der Waals surface area (Å²) in [5, 5.41) is 0. The molecule has 0 radical (unpaired) electrons. The van der Waals surface area contributed by atoms with Gasteiger partial charge >= 0.3 is 5.97 Å². The van der Waals surface area contributed by atoms with Gasteiger partial charge in [-0.2, -0.15) is 11.8 Å². The lowest BCUT2D eigenvalue weighted by atomic mass is 9.95. The van der Waals surface area contributed by atoms with E-state index in [2.05, 4.69) is 18.2 Å². The lowest BCUT2D eigenvalue weighted by Gasteiger charge is -2.12. The van der Waals surface area contributed by atoms with E-state index < -0.39 is 0 Å². The first-order valence-electron chi connectivity index (χ1n) is 6.38. The van der Waals surface area contributed by atoms with Crippen LogP contribution in [0.1, 0.15) is 53.5 Å². The number of esters is 1. The molecule has 1 heterocycles. The van der Waals surface area contributed by atoms with Crippen LogP contribution in [0.25, 0.3) is 0 Å². The molecule has 0 unspecified atom stereocenters. The molecule has 3 nitrogen and oxygen atoms in total. The number of carbonyl (C=O) groups is 1. The van der Waals surface area contributed by atoms with Gasteiger partial charge in [-0.05, 0) is 56.2 Å². The zero-order valence-electron chi connectivity index (χ0n) is 11.9. The zero-order valence-corrected chi connectivity index (χ0v) is 12.7. The number of aromatic amines is 1.